The van der Waals surface area contributed by atoms with Gasteiger partial charge in [-0.05, 0) is 6.07 Å². The third kappa shape index (κ3) is 1.30. The lowest BCUT2D eigenvalue weighted by molar-refractivity contribution is 0.432. The van der Waals surface area contributed by atoms with E-state index in [2.05, 4.69) is 10.3 Å². The molecule has 0 unspecified atom stereocenters. The van der Waals surface area contributed by atoms with E-state index in [4.69, 9.17) is 4.52 Å². The van der Waals surface area contributed by atoms with E-state index in [0.717, 1.165) is 22.2 Å². The SMILES string of the molecule is Cn1cc2ccc(-c3ccno3)cc2n1. The van der Waals surface area contributed by atoms with Crippen LogP contribution in [0.15, 0.2) is 41.2 Å². The molecule has 0 saturated heterocycles. The van der Waals surface area contributed by atoms with E-state index < -0.39 is 0 Å². The van der Waals surface area contributed by atoms with Crippen molar-refractivity contribution < 1.29 is 4.52 Å². The Kier molecular flexibility index (Phi) is 1.62. The van der Waals surface area contributed by atoms with Crippen molar-refractivity contribution in [3.05, 3.63) is 36.7 Å². The number of nitrogens with zero attached hydrogens (tertiary/aromatic N) is 3. The third-order valence-corrected chi connectivity index (χ3v) is 2.34. The first-order chi connectivity index (χ1) is 7.33. The monoisotopic (exact) mass is 199 g/mol. The van der Waals surface area contributed by atoms with Gasteiger partial charge in [-0.25, -0.2) is 0 Å². The Morgan fingerprint density at radius 2 is 2.20 bits per heavy atom. The molecule has 74 valence electrons. The predicted molar refractivity (Wildman–Crippen MR) is 56.2 cm³/mol. The van der Waals surface area contributed by atoms with Gasteiger partial charge >= 0.3 is 0 Å². The van der Waals surface area contributed by atoms with Crippen molar-refractivity contribution in [3.8, 4) is 11.3 Å². The van der Waals surface area contributed by atoms with Crippen LogP contribution in [0.25, 0.3) is 22.2 Å². The second-order valence-electron chi connectivity index (χ2n) is 3.45. The Morgan fingerprint density at radius 1 is 1.27 bits per heavy atom. The van der Waals surface area contributed by atoms with E-state index in [1.54, 1.807) is 10.9 Å². The van der Waals surface area contributed by atoms with Gasteiger partial charge in [-0.15, -0.1) is 0 Å². The topological polar surface area (TPSA) is 43.9 Å². The van der Waals surface area contributed by atoms with Gasteiger partial charge in [-0.1, -0.05) is 17.3 Å². The smallest absolute Gasteiger partial charge is 0.166 e. The van der Waals surface area contributed by atoms with Crippen LogP contribution in [0.5, 0.6) is 0 Å². The Labute approximate surface area is 86.1 Å². The van der Waals surface area contributed by atoms with Crippen LogP contribution in [-0.2, 0) is 7.05 Å². The fourth-order valence-electron chi connectivity index (χ4n) is 1.66. The van der Waals surface area contributed by atoms with Gasteiger partial charge in [-0.2, -0.15) is 5.10 Å². The molecule has 2 aromatic heterocycles. The summed E-state index contributed by atoms with van der Waals surface area (Å²) >= 11 is 0. The molecular weight excluding hydrogens is 190 g/mol. The molecule has 0 saturated carbocycles. The summed E-state index contributed by atoms with van der Waals surface area (Å²) in [4.78, 5) is 0. The molecule has 0 aliphatic rings. The lowest BCUT2D eigenvalue weighted by atomic mass is 10.1. The number of fused-ring (bicyclic) bond motifs is 1. The Morgan fingerprint density at radius 3 is 3.00 bits per heavy atom. The summed E-state index contributed by atoms with van der Waals surface area (Å²) in [5.74, 6) is 0.766. The quantitative estimate of drug-likeness (QED) is 0.603. The van der Waals surface area contributed by atoms with Gasteiger partial charge in [0.05, 0.1) is 11.7 Å². The Hall–Kier alpha value is -2.10. The molecule has 0 spiro atoms. The summed E-state index contributed by atoms with van der Waals surface area (Å²) in [6, 6.07) is 7.87. The first kappa shape index (κ1) is 8.23. The molecule has 0 radical (unpaired) electrons. The zero-order chi connectivity index (χ0) is 10.3. The van der Waals surface area contributed by atoms with Gasteiger partial charge in [0, 0.05) is 30.3 Å². The maximum Gasteiger partial charge on any atom is 0.166 e. The molecule has 4 nitrogen and oxygen atoms in total. The average molecular weight is 199 g/mol. The van der Waals surface area contributed by atoms with E-state index >= 15 is 0 Å². The standard InChI is InChI=1S/C11H9N3O/c1-14-7-9-3-2-8(6-10(9)13-14)11-4-5-12-15-11/h2-7H,1H3. The van der Waals surface area contributed by atoms with E-state index in [1.807, 2.05) is 37.5 Å². The van der Waals surface area contributed by atoms with Crippen LogP contribution in [0.1, 0.15) is 0 Å². The minimum atomic E-state index is 0.766. The van der Waals surface area contributed by atoms with E-state index in [1.165, 1.54) is 0 Å². The third-order valence-electron chi connectivity index (χ3n) is 2.34. The zero-order valence-electron chi connectivity index (χ0n) is 8.21. The van der Waals surface area contributed by atoms with Crippen LogP contribution in [0.4, 0.5) is 0 Å². The maximum absolute atomic E-state index is 5.09. The van der Waals surface area contributed by atoms with Gasteiger partial charge in [0.25, 0.3) is 0 Å². The molecule has 0 aliphatic carbocycles. The van der Waals surface area contributed by atoms with Gasteiger partial charge in [-0.3, -0.25) is 4.68 Å². The highest BCUT2D eigenvalue weighted by Crippen LogP contribution is 2.22. The fraction of sp³-hybridized carbons (Fsp3) is 0.0909. The highest BCUT2D eigenvalue weighted by Gasteiger charge is 2.04. The van der Waals surface area contributed by atoms with Crippen LogP contribution >= 0.6 is 0 Å². The van der Waals surface area contributed by atoms with Gasteiger partial charge < -0.3 is 4.52 Å². The summed E-state index contributed by atoms with van der Waals surface area (Å²) in [7, 11) is 1.91. The van der Waals surface area contributed by atoms with E-state index in [-0.39, 0.29) is 0 Å². The first-order valence-corrected chi connectivity index (χ1v) is 4.67. The molecule has 1 aromatic carbocycles. The van der Waals surface area contributed by atoms with Crippen LogP contribution in [0, 0.1) is 0 Å². The number of hydrogen-bond donors (Lipinski definition) is 0. The summed E-state index contributed by atoms with van der Waals surface area (Å²) < 4.78 is 6.89. The maximum atomic E-state index is 5.09. The highest BCUT2D eigenvalue weighted by atomic mass is 16.5. The Balaban J connectivity index is 2.21. The van der Waals surface area contributed by atoms with E-state index in [9.17, 15) is 0 Å². The highest BCUT2D eigenvalue weighted by molar-refractivity contribution is 5.82. The predicted octanol–water partition coefficient (Wildman–Crippen LogP) is 2.23. The van der Waals surface area contributed by atoms with Crippen molar-refractivity contribution in [3.63, 3.8) is 0 Å². The van der Waals surface area contributed by atoms with Crippen LogP contribution in [0.2, 0.25) is 0 Å². The number of hydrogen-bond acceptors (Lipinski definition) is 3. The molecule has 0 aliphatic heterocycles. The molecule has 4 heteroatoms. The molecule has 0 atom stereocenters. The lowest BCUT2D eigenvalue weighted by Crippen LogP contribution is -1.84. The fourth-order valence-corrected chi connectivity index (χ4v) is 1.66. The molecule has 2 heterocycles. The Bertz CT molecular complexity index is 595. The second-order valence-corrected chi connectivity index (χ2v) is 3.45. The van der Waals surface area contributed by atoms with Crippen molar-refractivity contribution in [2.45, 2.75) is 0 Å². The zero-order valence-corrected chi connectivity index (χ0v) is 8.21. The average Bonchev–Trinajstić information content (AvgIpc) is 2.82. The minimum absolute atomic E-state index is 0.766. The number of aromatic nitrogens is 3. The minimum Gasteiger partial charge on any atom is -0.356 e. The molecule has 0 fully saturated rings. The van der Waals surface area contributed by atoms with Crippen molar-refractivity contribution in [1.29, 1.82) is 0 Å². The van der Waals surface area contributed by atoms with Crippen molar-refractivity contribution in [1.82, 2.24) is 14.9 Å². The number of aryl methyl sites for hydroxylation is 1. The van der Waals surface area contributed by atoms with Crippen LogP contribution < -0.4 is 0 Å². The normalized spacial score (nSPS) is 11.0. The van der Waals surface area contributed by atoms with Gasteiger partial charge in [0.15, 0.2) is 5.76 Å². The summed E-state index contributed by atoms with van der Waals surface area (Å²) in [5, 5.41) is 9.15. The molecule has 15 heavy (non-hydrogen) atoms. The van der Waals surface area contributed by atoms with Crippen LogP contribution in [0.3, 0.4) is 0 Å². The first-order valence-electron chi connectivity index (χ1n) is 4.67. The van der Waals surface area contributed by atoms with Crippen LogP contribution in [-0.4, -0.2) is 14.9 Å². The summed E-state index contributed by atoms with van der Waals surface area (Å²) in [6.45, 7) is 0. The molecule has 0 amide bonds. The molecule has 3 aromatic rings. The molecule has 0 bridgehead atoms. The van der Waals surface area contributed by atoms with E-state index in [0.29, 0.717) is 0 Å². The number of rotatable bonds is 1. The van der Waals surface area contributed by atoms with Gasteiger partial charge in [0.2, 0.25) is 0 Å². The molecule has 3 rings (SSSR count). The molecular formula is C11H9N3O. The van der Waals surface area contributed by atoms with Crippen molar-refractivity contribution in [2.24, 2.45) is 7.05 Å². The second kappa shape index (κ2) is 2.95. The number of benzene rings is 1. The largest absolute Gasteiger partial charge is 0.356 e. The molecule has 0 N–H and O–H groups in total. The summed E-state index contributed by atoms with van der Waals surface area (Å²) in [5.41, 5.74) is 1.96. The van der Waals surface area contributed by atoms with Gasteiger partial charge in [0.1, 0.15) is 0 Å². The van der Waals surface area contributed by atoms with Crippen molar-refractivity contribution in [2.75, 3.05) is 0 Å². The lowest BCUT2D eigenvalue weighted by Gasteiger charge is -1.94. The van der Waals surface area contributed by atoms with Crippen molar-refractivity contribution >= 4 is 10.9 Å². The summed E-state index contributed by atoms with van der Waals surface area (Å²) in [6.07, 6.45) is 3.62.